The summed E-state index contributed by atoms with van der Waals surface area (Å²) in [6.45, 7) is 1.67. The van der Waals surface area contributed by atoms with Crippen LogP contribution in [0, 0.1) is 0 Å². The predicted molar refractivity (Wildman–Crippen MR) is 143 cm³/mol. The van der Waals surface area contributed by atoms with E-state index in [-0.39, 0.29) is 19.8 Å². The maximum atomic E-state index is 13.0. The van der Waals surface area contributed by atoms with Crippen molar-refractivity contribution in [1.29, 1.82) is 0 Å². The molecule has 0 aliphatic carbocycles. The zero-order chi connectivity index (χ0) is 25.9. The molecule has 0 atom stereocenters. The van der Waals surface area contributed by atoms with Crippen molar-refractivity contribution in [2.45, 2.75) is 4.21 Å². The number of nitrogens with one attached hydrogen (secondary N) is 3. The largest absolute Gasteiger partial charge is 0.384 e. The third kappa shape index (κ3) is 6.02. The molecular formula is C23H23ClN6O4S2. The lowest BCUT2D eigenvalue weighted by Crippen LogP contribution is -2.34. The second-order valence-corrected chi connectivity index (χ2v) is 11.7. The molecule has 0 bridgehead atoms. The second kappa shape index (κ2) is 10.7. The summed E-state index contributed by atoms with van der Waals surface area (Å²) in [6.07, 6.45) is 2.97. The molecule has 0 saturated carbocycles. The third-order valence-electron chi connectivity index (χ3n) is 5.09. The first-order valence-electron chi connectivity index (χ1n) is 10.7. The number of pyridine rings is 2. The summed E-state index contributed by atoms with van der Waals surface area (Å²) in [6, 6.07) is 12.2. The lowest BCUT2D eigenvalue weighted by molar-refractivity contribution is 0.256. The molecule has 0 saturated heterocycles. The van der Waals surface area contributed by atoms with Crippen LogP contribution < -0.4 is 20.9 Å². The topological polar surface area (TPSA) is 125 Å². The Morgan fingerprint density at radius 1 is 1.11 bits per heavy atom. The van der Waals surface area contributed by atoms with E-state index >= 15 is 0 Å². The van der Waals surface area contributed by atoms with Crippen LogP contribution in [0.15, 0.2) is 69.9 Å². The lowest BCUT2D eigenvalue weighted by atomic mass is 10.1. The van der Waals surface area contributed by atoms with Crippen molar-refractivity contribution in [2.75, 3.05) is 37.8 Å². The molecule has 1 aromatic carbocycles. The number of carbonyl (C=O) groups is 1. The Bertz CT molecular complexity index is 1570. The van der Waals surface area contributed by atoms with E-state index < -0.39 is 16.1 Å². The van der Waals surface area contributed by atoms with Crippen LogP contribution in [0.5, 0.6) is 0 Å². The van der Waals surface area contributed by atoms with Crippen LogP contribution in [0.2, 0.25) is 4.34 Å². The summed E-state index contributed by atoms with van der Waals surface area (Å²) < 4.78 is 28.0. The molecule has 13 heteroatoms. The van der Waals surface area contributed by atoms with Gasteiger partial charge in [-0.2, -0.15) is 0 Å². The number of fused-ring (bicyclic) bond motifs is 1. The Morgan fingerprint density at radius 2 is 1.89 bits per heavy atom. The SMILES string of the molecule is CN(C)CCNc1ccc2c(=O)n(-c3ccc(NC(=O)NS(=O)(=O)c4ccc(Cl)s4)cn3)ccc2c1. The van der Waals surface area contributed by atoms with Crippen molar-refractivity contribution in [2.24, 2.45) is 0 Å². The van der Waals surface area contributed by atoms with Gasteiger partial charge in [-0.1, -0.05) is 11.6 Å². The quantitative estimate of drug-likeness (QED) is 0.308. The number of urea groups is 1. The second-order valence-electron chi connectivity index (χ2n) is 8.05. The third-order valence-corrected chi connectivity index (χ3v) is 8.14. The molecule has 10 nitrogen and oxygen atoms in total. The van der Waals surface area contributed by atoms with Crippen molar-refractivity contribution in [1.82, 2.24) is 19.2 Å². The monoisotopic (exact) mass is 546 g/mol. The standard InChI is InChI=1S/C23H23ClN6O4S2/c1-29(2)12-10-25-16-3-5-18-15(13-16)9-11-30(22(18)31)20-7-4-17(14-26-20)27-23(32)28-36(33,34)21-8-6-19(24)35-21/h3-9,11,13-14,25H,10,12H2,1-2H3,(H2,27,28,32). The highest BCUT2D eigenvalue weighted by molar-refractivity contribution is 7.92. The molecule has 3 heterocycles. The number of anilines is 2. The van der Waals surface area contributed by atoms with Crippen molar-refractivity contribution < 1.29 is 13.2 Å². The smallest absolute Gasteiger partial charge is 0.333 e. The Labute approximate surface area is 216 Å². The fourth-order valence-corrected chi connectivity index (χ4v) is 5.73. The van der Waals surface area contributed by atoms with E-state index in [0.29, 0.717) is 11.2 Å². The van der Waals surface area contributed by atoms with Gasteiger partial charge in [0.05, 0.1) is 16.2 Å². The van der Waals surface area contributed by atoms with Gasteiger partial charge < -0.3 is 15.5 Å². The van der Waals surface area contributed by atoms with Crippen molar-refractivity contribution >= 4 is 61.1 Å². The van der Waals surface area contributed by atoms with Crippen LogP contribution in [-0.4, -0.2) is 56.1 Å². The first-order chi connectivity index (χ1) is 17.1. The maximum absolute atomic E-state index is 13.0. The molecule has 188 valence electrons. The van der Waals surface area contributed by atoms with Gasteiger partial charge in [0.25, 0.3) is 15.6 Å². The minimum atomic E-state index is -4.05. The Kier molecular flexibility index (Phi) is 7.59. The van der Waals surface area contributed by atoms with Gasteiger partial charge in [0.15, 0.2) is 0 Å². The van der Waals surface area contributed by atoms with Gasteiger partial charge in [-0.05, 0) is 68.0 Å². The van der Waals surface area contributed by atoms with Crippen LogP contribution in [0.3, 0.4) is 0 Å². The summed E-state index contributed by atoms with van der Waals surface area (Å²) >= 11 is 6.60. The van der Waals surface area contributed by atoms with Crippen LogP contribution in [-0.2, 0) is 10.0 Å². The minimum Gasteiger partial charge on any atom is -0.384 e. The molecule has 3 aromatic heterocycles. The average Bonchev–Trinajstić information content (AvgIpc) is 3.27. The van der Waals surface area contributed by atoms with E-state index in [4.69, 9.17) is 11.6 Å². The fourth-order valence-electron chi connectivity index (χ4n) is 3.34. The molecule has 4 rings (SSSR count). The summed E-state index contributed by atoms with van der Waals surface area (Å²) in [7, 11) is -0.0423. The van der Waals surface area contributed by atoms with Gasteiger partial charge in [-0.25, -0.2) is 22.9 Å². The molecule has 0 unspecified atom stereocenters. The van der Waals surface area contributed by atoms with Crippen LogP contribution in [0.1, 0.15) is 0 Å². The summed E-state index contributed by atoms with van der Waals surface area (Å²) in [4.78, 5) is 31.5. The first-order valence-corrected chi connectivity index (χ1v) is 13.4. The Hall–Kier alpha value is -3.45. The highest BCUT2D eigenvalue weighted by Gasteiger charge is 2.20. The van der Waals surface area contributed by atoms with E-state index in [1.165, 1.54) is 29.0 Å². The lowest BCUT2D eigenvalue weighted by Gasteiger charge is -2.12. The van der Waals surface area contributed by atoms with Crippen LogP contribution in [0.25, 0.3) is 16.6 Å². The van der Waals surface area contributed by atoms with E-state index in [0.717, 1.165) is 35.5 Å². The van der Waals surface area contributed by atoms with Gasteiger partial charge >= 0.3 is 6.03 Å². The molecule has 0 aliphatic rings. The Morgan fingerprint density at radius 3 is 2.56 bits per heavy atom. The summed E-state index contributed by atoms with van der Waals surface area (Å²) in [5, 5.41) is 7.08. The number of thiophene rings is 1. The number of likely N-dealkylation sites (N-methyl/N-ethyl adjacent to an activating group) is 1. The minimum absolute atomic E-state index is 0.0803. The molecule has 2 amide bonds. The van der Waals surface area contributed by atoms with Crippen LogP contribution in [0.4, 0.5) is 16.2 Å². The molecule has 0 spiro atoms. The van der Waals surface area contributed by atoms with Crippen LogP contribution >= 0.6 is 22.9 Å². The number of aromatic nitrogens is 2. The Balaban J connectivity index is 1.46. The number of rotatable bonds is 8. The van der Waals surface area contributed by atoms with E-state index in [1.54, 1.807) is 18.3 Å². The molecule has 0 aliphatic heterocycles. The molecule has 0 radical (unpaired) electrons. The van der Waals surface area contributed by atoms with Gasteiger partial charge in [-0.3, -0.25) is 9.36 Å². The number of nitrogens with zero attached hydrogens (tertiary/aromatic N) is 3. The van der Waals surface area contributed by atoms with Gasteiger partial charge in [0, 0.05) is 30.4 Å². The van der Waals surface area contributed by atoms with Gasteiger partial charge in [0.1, 0.15) is 10.0 Å². The van der Waals surface area contributed by atoms with E-state index in [9.17, 15) is 18.0 Å². The number of carbonyl (C=O) groups excluding carboxylic acids is 1. The number of hydrogen-bond acceptors (Lipinski definition) is 8. The molecule has 4 aromatic rings. The number of amides is 2. The van der Waals surface area contributed by atoms with E-state index in [2.05, 4.69) is 20.5 Å². The summed E-state index contributed by atoms with van der Waals surface area (Å²) in [5.41, 5.74) is 0.939. The number of benzene rings is 1. The molecule has 36 heavy (non-hydrogen) atoms. The summed E-state index contributed by atoms with van der Waals surface area (Å²) in [5.74, 6) is 0.349. The number of sulfonamides is 1. The molecule has 0 fully saturated rings. The average molecular weight is 547 g/mol. The van der Waals surface area contributed by atoms with Crippen molar-refractivity contribution in [3.63, 3.8) is 0 Å². The molecule has 3 N–H and O–H groups in total. The highest BCUT2D eigenvalue weighted by Crippen LogP contribution is 2.25. The van der Waals surface area contributed by atoms with Crippen molar-refractivity contribution in [3.05, 3.63) is 75.6 Å². The molecular weight excluding hydrogens is 524 g/mol. The number of halogens is 1. The van der Waals surface area contributed by atoms with Crippen molar-refractivity contribution in [3.8, 4) is 5.82 Å². The normalized spacial score (nSPS) is 11.6. The van der Waals surface area contributed by atoms with Gasteiger partial charge in [0.2, 0.25) is 0 Å². The number of hydrogen-bond donors (Lipinski definition) is 3. The predicted octanol–water partition coefficient (Wildman–Crippen LogP) is 3.58. The first kappa shape index (κ1) is 25.6. The zero-order valence-corrected chi connectivity index (χ0v) is 21.7. The van der Waals surface area contributed by atoms with Gasteiger partial charge in [-0.15, -0.1) is 11.3 Å². The fraction of sp³-hybridized carbons (Fsp3) is 0.174. The maximum Gasteiger partial charge on any atom is 0.333 e. The highest BCUT2D eigenvalue weighted by atomic mass is 35.5. The zero-order valence-electron chi connectivity index (χ0n) is 19.4. The van der Waals surface area contributed by atoms with E-state index in [1.807, 2.05) is 37.0 Å².